The second-order valence-corrected chi connectivity index (χ2v) is 17.5. The molecule has 4 atom stereocenters. The lowest BCUT2D eigenvalue weighted by Gasteiger charge is -2.20. The predicted octanol–water partition coefficient (Wildman–Crippen LogP) is 11.2. The number of carbonyl (C=O) groups is 2. The molecular weight excluding hydrogens is 886 g/mol. The van der Waals surface area contributed by atoms with Crippen molar-refractivity contribution in [2.24, 2.45) is 0 Å². The molecule has 16 heteroatoms. The summed E-state index contributed by atoms with van der Waals surface area (Å²) < 4.78 is 47.6. The Morgan fingerprint density at radius 2 is 0.985 bits per heavy atom. The largest absolute Gasteiger partial charge is 0.472 e. The molecular formula is C50H78O14P2. The molecule has 0 aromatic carbocycles. The second kappa shape index (κ2) is 43.8. The number of hydrogen-bond acceptors (Lipinski definition) is 11. The summed E-state index contributed by atoms with van der Waals surface area (Å²) in [6.45, 7) is 1.32. The highest BCUT2D eigenvalue weighted by Gasteiger charge is 2.28. The molecule has 0 rings (SSSR count). The van der Waals surface area contributed by atoms with Crippen molar-refractivity contribution in [2.75, 3.05) is 26.4 Å². The number of aliphatic hydroxyl groups is 2. The number of carbonyl (C=O) groups excluding carboxylic acids is 2. The highest BCUT2D eigenvalue weighted by molar-refractivity contribution is 7.47. The zero-order valence-corrected chi connectivity index (χ0v) is 40.9. The molecule has 0 aliphatic carbocycles. The van der Waals surface area contributed by atoms with Crippen molar-refractivity contribution in [1.82, 2.24) is 0 Å². The van der Waals surface area contributed by atoms with E-state index in [1.54, 1.807) is 6.08 Å². The van der Waals surface area contributed by atoms with Crippen LogP contribution in [0, 0.1) is 0 Å². The van der Waals surface area contributed by atoms with Crippen molar-refractivity contribution in [3.8, 4) is 0 Å². The normalized spacial score (nSPS) is 15.6. The highest BCUT2D eigenvalue weighted by Crippen LogP contribution is 2.43. The Balaban J connectivity index is 4.78. The molecule has 0 aliphatic heterocycles. The smallest absolute Gasteiger partial charge is 0.462 e. The fourth-order valence-electron chi connectivity index (χ4n) is 5.14. The molecule has 0 aromatic rings. The standard InChI is InChI=1S/C50H78O14P2/c1-3-5-7-8-9-10-11-12-13-14-15-16-17-20-24-27-30-33-37-41-50(54)64-48(45-63-66(58,59)62-43-47(52)42-61-65(55,56)57)44-60-49(53)40-36-32-29-26-23-21-18-19-22-25-28-31-35-39-46(51)38-34-6-4-2/h6,9-10,12-13,15-16,19-24,28-35,39,46-48,51-52H,3-5,7-8,11,14,17-18,25-27,36-38,40-45H2,1-2H3,(H,58,59)(H2,55,56,57)/b10-9-,13-12-,16-15-,22-19-,23-21-,24-20-,31-28+,32-29-,33-30-,34-6-,39-35+/t46?,47-,48+/m0/s1. The number of rotatable bonds is 41. The Hall–Kier alpha value is -3.78. The minimum Gasteiger partial charge on any atom is -0.462 e. The van der Waals surface area contributed by atoms with Gasteiger partial charge >= 0.3 is 27.6 Å². The van der Waals surface area contributed by atoms with Gasteiger partial charge in [0.2, 0.25) is 0 Å². The van der Waals surface area contributed by atoms with Crippen LogP contribution in [0.2, 0.25) is 0 Å². The summed E-state index contributed by atoms with van der Waals surface area (Å²) >= 11 is 0. The molecule has 2 unspecified atom stereocenters. The van der Waals surface area contributed by atoms with Crippen LogP contribution >= 0.6 is 15.6 Å². The Kier molecular flexibility index (Phi) is 41.3. The fraction of sp³-hybridized carbons (Fsp3) is 0.520. The number of esters is 2. The Labute approximate surface area is 394 Å². The summed E-state index contributed by atoms with van der Waals surface area (Å²) in [5, 5.41) is 19.6. The third-order valence-electron chi connectivity index (χ3n) is 8.62. The summed E-state index contributed by atoms with van der Waals surface area (Å²) in [6, 6.07) is 0. The molecule has 66 heavy (non-hydrogen) atoms. The molecule has 0 fully saturated rings. The van der Waals surface area contributed by atoms with Crippen LogP contribution in [-0.4, -0.2) is 81.6 Å². The van der Waals surface area contributed by atoms with Crippen LogP contribution in [0.25, 0.3) is 0 Å². The monoisotopic (exact) mass is 964 g/mol. The van der Waals surface area contributed by atoms with Crippen molar-refractivity contribution in [3.05, 3.63) is 134 Å². The van der Waals surface area contributed by atoms with Gasteiger partial charge in [0.1, 0.15) is 12.7 Å². The average molecular weight is 965 g/mol. The summed E-state index contributed by atoms with van der Waals surface area (Å²) in [7, 11) is -9.76. The van der Waals surface area contributed by atoms with Gasteiger partial charge in [-0.15, -0.1) is 0 Å². The van der Waals surface area contributed by atoms with E-state index in [2.05, 4.69) is 77.6 Å². The van der Waals surface area contributed by atoms with E-state index in [1.165, 1.54) is 19.3 Å². The lowest BCUT2D eigenvalue weighted by atomic mass is 10.2. The third-order valence-corrected chi connectivity index (χ3v) is 10.1. The van der Waals surface area contributed by atoms with E-state index < -0.39 is 72.3 Å². The average Bonchev–Trinajstić information content (AvgIpc) is 3.27. The lowest BCUT2D eigenvalue weighted by Crippen LogP contribution is -2.29. The summed E-state index contributed by atoms with van der Waals surface area (Å²) in [5.41, 5.74) is 0. The van der Waals surface area contributed by atoms with E-state index in [4.69, 9.17) is 23.8 Å². The Bertz CT molecular complexity index is 1680. The summed E-state index contributed by atoms with van der Waals surface area (Å²) in [6.07, 6.45) is 53.7. The van der Waals surface area contributed by atoms with E-state index >= 15 is 0 Å². The van der Waals surface area contributed by atoms with Gasteiger partial charge in [0, 0.05) is 12.8 Å². The molecule has 0 heterocycles. The fourth-order valence-corrected chi connectivity index (χ4v) is 6.30. The van der Waals surface area contributed by atoms with Crippen LogP contribution in [0.4, 0.5) is 0 Å². The van der Waals surface area contributed by atoms with Crippen LogP contribution < -0.4 is 0 Å². The van der Waals surface area contributed by atoms with Crippen LogP contribution in [0.3, 0.4) is 0 Å². The number of phosphoric acid groups is 2. The number of hydrogen-bond donors (Lipinski definition) is 5. The first-order chi connectivity index (χ1) is 31.8. The number of allylic oxidation sites excluding steroid dienone is 20. The summed E-state index contributed by atoms with van der Waals surface area (Å²) in [5.74, 6) is -1.26. The van der Waals surface area contributed by atoms with Gasteiger partial charge in [-0.05, 0) is 83.5 Å². The van der Waals surface area contributed by atoms with Crippen molar-refractivity contribution < 1.29 is 66.7 Å². The van der Waals surface area contributed by atoms with E-state index in [0.29, 0.717) is 32.1 Å². The van der Waals surface area contributed by atoms with Crippen molar-refractivity contribution in [1.29, 1.82) is 0 Å². The molecule has 0 amide bonds. The van der Waals surface area contributed by atoms with E-state index in [0.717, 1.165) is 44.9 Å². The van der Waals surface area contributed by atoms with Gasteiger partial charge in [0.15, 0.2) is 6.10 Å². The maximum atomic E-state index is 12.7. The van der Waals surface area contributed by atoms with Gasteiger partial charge in [-0.25, -0.2) is 9.13 Å². The minimum absolute atomic E-state index is 0.0243. The van der Waals surface area contributed by atoms with Gasteiger partial charge < -0.3 is 34.4 Å². The van der Waals surface area contributed by atoms with E-state index in [9.17, 15) is 33.8 Å². The molecule has 0 aliphatic rings. The van der Waals surface area contributed by atoms with Crippen molar-refractivity contribution in [2.45, 2.75) is 141 Å². The Morgan fingerprint density at radius 1 is 0.515 bits per heavy atom. The first-order valence-corrected chi connectivity index (χ1v) is 26.0. The molecule has 0 saturated heterocycles. The van der Waals surface area contributed by atoms with Gasteiger partial charge in [-0.2, -0.15) is 0 Å². The SMILES string of the molecule is CC/C=C\CC(O)/C=C/C=C/C/C=C\C/C=C\C/C=C\CCC(=O)OC[C@H](COP(=O)(O)OC[C@@H](O)COP(=O)(O)O)OC(=O)CC/C=C\C/C=C\C/C=C\C/C=C\C/C=C\CCCCC. The molecule has 0 radical (unpaired) electrons. The zero-order valence-electron chi connectivity index (χ0n) is 39.1. The topological polar surface area (TPSA) is 216 Å². The van der Waals surface area contributed by atoms with Crippen LogP contribution in [0.15, 0.2) is 134 Å². The minimum atomic E-state index is -4.89. The van der Waals surface area contributed by atoms with Crippen molar-refractivity contribution in [3.63, 3.8) is 0 Å². The number of ether oxygens (including phenoxy) is 2. The van der Waals surface area contributed by atoms with E-state index in [-0.39, 0.29) is 12.8 Å². The second-order valence-electron chi connectivity index (χ2n) is 14.8. The number of unbranched alkanes of at least 4 members (excludes halogenated alkanes) is 3. The van der Waals surface area contributed by atoms with Crippen molar-refractivity contribution >= 4 is 27.6 Å². The molecule has 14 nitrogen and oxygen atoms in total. The lowest BCUT2D eigenvalue weighted by molar-refractivity contribution is -0.161. The van der Waals surface area contributed by atoms with Crippen LogP contribution in [-0.2, 0) is 41.8 Å². The quantitative estimate of drug-likeness (QED) is 0.0127. The maximum Gasteiger partial charge on any atom is 0.472 e. The van der Waals surface area contributed by atoms with Gasteiger partial charge in [-0.1, -0.05) is 160 Å². The van der Waals surface area contributed by atoms with Crippen LogP contribution in [0.5, 0.6) is 0 Å². The van der Waals surface area contributed by atoms with Crippen LogP contribution in [0.1, 0.15) is 123 Å². The third kappa shape index (κ3) is 46.7. The van der Waals surface area contributed by atoms with Gasteiger partial charge in [0.05, 0.1) is 25.9 Å². The highest BCUT2D eigenvalue weighted by atomic mass is 31.2. The molecule has 0 saturated carbocycles. The maximum absolute atomic E-state index is 12.7. The van der Waals surface area contributed by atoms with Gasteiger partial charge in [0.25, 0.3) is 0 Å². The Morgan fingerprint density at radius 3 is 1.50 bits per heavy atom. The van der Waals surface area contributed by atoms with E-state index in [1.807, 2.05) is 72.9 Å². The molecule has 372 valence electrons. The predicted molar refractivity (Wildman–Crippen MR) is 263 cm³/mol. The van der Waals surface area contributed by atoms with Gasteiger partial charge in [-0.3, -0.25) is 23.2 Å². The molecule has 0 aromatic heterocycles. The summed E-state index contributed by atoms with van der Waals surface area (Å²) in [4.78, 5) is 52.7. The zero-order chi connectivity index (χ0) is 48.8. The number of aliphatic hydroxyl groups excluding tert-OH is 2. The molecule has 0 bridgehead atoms. The first-order valence-electron chi connectivity index (χ1n) is 23.0. The number of phosphoric ester groups is 2. The molecule has 0 spiro atoms. The molecule has 5 N–H and O–H groups in total. The first kappa shape index (κ1) is 62.2.